The van der Waals surface area contributed by atoms with Crippen LogP contribution in [0, 0.1) is 0 Å². The van der Waals surface area contributed by atoms with Gasteiger partial charge in [-0.3, -0.25) is 9.69 Å². The number of rotatable bonds is 1. The van der Waals surface area contributed by atoms with Crippen molar-refractivity contribution in [2.75, 3.05) is 7.05 Å². The van der Waals surface area contributed by atoms with Gasteiger partial charge in [-0.25, -0.2) is 4.79 Å². The van der Waals surface area contributed by atoms with Crippen molar-refractivity contribution in [1.82, 2.24) is 4.90 Å². The lowest BCUT2D eigenvalue weighted by Crippen LogP contribution is -2.32. The van der Waals surface area contributed by atoms with Crippen molar-refractivity contribution >= 4 is 23.6 Å². The molecule has 0 N–H and O–H groups in total. The van der Waals surface area contributed by atoms with Crippen molar-refractivity contribution in [3.8, 4) is 0 Å². The summed E-state index contributed by atoms with van der Waals surface area (Å²) in [5.41, 5.74) is -0.718. The van der Waals surface area contributed by atoms with E-state index in [4.69, 9.17) is 11.6 Å². The Kier molecular flexibility index (Phi) is 3.89. The average molecular weight is 180 g/mol. The van der Waals surface area contributed by atoms with E-state index in [2.05, 4.69) is 4.74 Å². The quantitative estimate of drug-likeness (QED) is 0.568. The van der Waals surface area contributed by atoms with Gasteiger partial charge in [0.1, 0.15) is 0 Å². The third kappa shape index (κ3) is 3.83. The molecule has 0 aliphatic heterocycles. The van der Waals surface area contributed by atoms with Gasteiger partial charge >= 0.3 is 6.09 Å². The molecule has 0 radical (unpaired) electrons. The zero-order valence-corrected chi connectivity index (χ0v) is 7.38. The van der Waals surface area contributed by atoms with E-state index in [9.17, 15) is 9.59 Å². The lowest BCUT2D eigenvalue weighted by Gasteiger charge is -2.13. The summed E-state index contributed by atoms with van der Waals surface area (Å²) in [7, 11) is 1.32. The van der Waals surface area contributed by atoms with Crippen LogP contribution in [0.25, 0.3) is 0 Å². The molecule has 5 heteroatoms. The molecule has 64 valence electrons. The largest absolute Gasteiger partial charge is 0.430 e. The number of nitrogens with zero attached hydrogens (tertiary/aromatic N) is 1. The van der Waals surface area contributed by atoms with Crippen LogP contribution in [-0.4, -0.2) is 29.5 Å². The van der Waals surface area contributed by atoms with E-state index in [0.717, 1.165) is 4.90 Å². The fourth-order valence-corrected chi connectivity index (χ4v) is 0.423. The maximum Gasteiger partial charge on any atom is 0.417 e. The van der Waals surface area contributed by atoms with Crippen LogP contribution in [0.4, 0.5) is 4.79 Å². The predicted molar refractivity (Wildman–Crippen MR) is 40.2 cm³/mol. The average Bonchev–Trinajstić information content (AvgIpc) is 1.84. The monoisotopic (exact) mass is 179 g/mol. The van der Waals surface area contributed by atoms with Gasteiger partial charge in [-0.15, -0.1) is 0 Å². The maximum atomic E-state index is 10.8. The molecule has 0 unspecified atom stereocenters. The first kappa shape index (κ1) is 10.2. The van der Waals surface area contributed by atoms with Gasteiger partial charge in [0.05, 0.1) is 0 Å². The highest BCUT2D eigenvalue weighted by atomic mass is 35.5. The van der Waals surface area contributed by atoms with Gasteiger partial charge in [0.2, 0.25) is 5.91 Å². The summed E-state index contributed by atoms with van der Waals surface area (Å²) in [5, 5.41) is 0. The molecule has 0 rings (SSSR count). The molecule has 0 spiro atoms. The Morgan fingerprint density at radius 1 is 1.55 bits per heavy atom. The van der Waals surface area contributed by atoms with Gasteiger partial charge in [-0.2, -0.15) is 0 Å². The van der Waals surface area contributed by atoms with Crippen molar-refractivity contribution in [2.24, 2.45) is 0 Å². The van der Waals surface area contributed by atoms with E-state index in [1.165, 1.54) is 20.9 Å². The van der Waals surface area contributed by atoms with E-state index in [0.29, 0.717) is 0 Å². The van der Waals surface area contributed by atoms with E-state index >= 15 is 0 Å². The Labute approximate surface area is 70.1 Å². The van der Waals surface area contributed by atoms with Crippen molar-refractivity contribution < 1.29 is 14.3 Å². The smallest absolute Gasteiger partial charge is 0.417 e. The molecule has 1 atom stereocenters. The van der Waals surface area contributed by atoms with Crippen LogP contribution < -0.4 is 0 Å². The summed E-state index contributed by atoms with van der Waals surface area (Å²) >= 11 is 5.34. The van der Waals surface area contributed by atoms with Gasteiger partial charge in [0.15, 0.2) is 5.56 Å². The summed E-state index contributed by atoms with van der Waals surface area (Å²) in [6.45, 7) is 2.76. The molecule has 2 amide bonds. The zero-order chi connectivity index (χ0) is 9.02. The number of hydrogen-bond donors (Lipinski definition) is 0. The number of carbonyl (C=O) groups is 2. The van der Waals surface area contributed by atoms with Crippen LogP contribution in [0.2, 0.25) is 0 Å². The number of imide groups is 1. The number of alkyl halides is 1. The zero-order valence-electron chi connectivity index (χ0n) is 6.63. The summed E-state index contributed by atoms with van der Waals surface area (Å²) in [5.74, 6) is -0.382. The fourth-order valence-electron chi connectivity index (χ4n) is 0.347. The first-order chi connectivity index (χ1) is 4.95. The topological polar surface area (TPSA) is 46.6 Å². The predicted octanol–water partition coefficient (Wildman–Crippen LogP) is 1.19. The molecule has 0 aromatic carbocycles. The first-order valence-electron chi connectivity index (χ1n) is 3.04. The van der Waals surface area contributed by atoms with Gasteiger partial charge in [0, 0.05) is 14.0 Å². The highest BCUT2D eigenvalue weighted by Crippen LogP contribution is 1.99. The van der Waals surface area contributed by atoms with E-state index in [1.807, 2.05) is 0 Å². The molecule has 0 aliphatic carbocycles. The minimum absolute atomic E-state index is 0.382. The fraction of sp³-hybridized carbons (Fsp3) is 0.667. The summed E-state index contributed by atoms with van der Waals surface area (Å²) < 4.78 is 4.50. The lowest BCUT2D eigenvalue weighted by molar-refractivity contribution is -0.126. The third-order valence-electron chi connectivity index (χ3n) is 1.01. The Morgan fingerprint density at radius 3 is 2.27 bits per heavy atom. The molecule has 0 saturated carbocycles. The van der Waals surface area contributed by atoms with Gasteiger partial charge < -0.3 is 4.74 Å². The van der Waals surface area contributed by atoms with Crippen LogP contribution in [0.15, 0.2) is 0 Å². The van der Waals surface area contributed by atoms with Crippen LogP contribution >= 0.6 is 11.6 Å². The van der Waals surface area contributed by atoms with Crippen LogP contribution in [0.3, 0.4) is 0 Å². The van der Waals surface area contributed by atoms with Crippen molar-refractivity contribution in [3.63, 3.8) is 0 Å². The second kappa shape index (κ2) is 4.18. The second-order valence-electron chi connectivity index (χ2n) is 2.00. The molecule has 0 bridgehead atoms. The van der Waals surface area contributed by atoms with E-state index in [1.54, 1.807) is 0 Å². The summed E-state index contributed by atoms with van der Waals surface area (Å²) in [4.78, 5) is 22.2. The van der Waals surface area contributed by atoms with Gasteiger partial charge in [-0.1, -0.05) is 11.6 Å². The van der Waals surface area contributed by atoms with E-state index < -0.39 is 11.7 Å². The van der Waals surface area contributed by atoms with E-state index in [-0.39, 0.29) is 5.91 Å². The molecular formula is C6H10ClNO3. The minimum Gasteiger partial charge on any atom is -0.430 e. The molecular weight excluding hydrogens is 170 g/mol. The Hall–Kier alpha value is -0.770. The van der Waals surface area contributed by atoms with Crippen LogP contribution in [-0.2, 0) is 9.53 Å². The van der Waals surface area contributed by atoms with Gasteiger partial charge in [-0.05, 0) is 6.92 Å². The van der Waals surface area contributed by atoms with Crippen LogP contribution in [0.1, 0.15) is 13.8 Å². The van der Waals surface area contributed by atoms with Crippen molar-refractivity contribution in [2.45, 2.75) is 19.4 Å². The molecule has 0 aliphatic rings. The number of halogens is 1. The molecule has 0 aromatic rings. The second-order valence-corrected chi connectivity index (χ2v) is 2.62. The molecule has 11 heavy (non-hydrogen) atoms. The molecule has 0 saturated heterocycles. The Morgan fingerprint density at radius 2 is 2.00 bits per heavy atom. The Bertz CT molecular complexity index is 169. The first-order valence-corrected chi connectivity index (χ1v) is 3.47. The highest BCUT2D eigenvalue weighted by molar-refractivity contribution is 6.20. The Balaban J connectivity index is 3.93. The third-order valence-corrected chi connectivity index (χ3v) is 1.10. The van der Waals surface area contributed by atoms with Crippen LogP contribution in [0.5, 0.6) is 0 Å². The number of amides is 2. The molecule has 0 fully saturated rings. The van der Waals surface area contributed by atoms with Crippen molar-refractivity contribution in [1.29, 1.82) is 0 Å². The lowest BCUT2D eigenvalue weighted by atomic mass is 10.6. The number of carbonyl (C=O) groups excluding carboxylic acids is 2. The summed E-state index contributed by atoms with van der Waals surface area (Å²) in [6, 6.07) is 0. The number of hydrogen-bond acceptors (Lipinski definition) is 3. The molecule has 4 nitrogen and oxygen atoms in total. The highest BCUT2D eigenvalue weighted by Gasteiger charge is 2.15. The molecule has 0 aromatic heterocycles. The molecule has 0 heterocycles. The summed E-state index contributed by atoms with van der Waals surface area (Å²) in [6.07, 6.45) is -0.736. The van der Waals surface area contributed by atoms with Gasteiger partial charge in [0.25, 0.3) is 0 Å². The maximum absolute atomic E-state index is 10.8. The van der Waals surface area contributed by atoms with Crippen molar-refractivity contribution in [3.05, 3.63) is 0 Å². The SMILES string of the molecule is CC(=O)N(C)C(=O)O[C@@H](C)Cl. The normalized spacial score (nSPS) is 12.0. The standard InChI is InChI=1S/C6H10ClNO3/c1-4(7)11-6(10)8(3)5(2)9/h4H,1-3H3/t4-/m0/s1. The minimum atomic E-state index is -0.736. The number of ether oxygens (including phenoxy) is 1.